The molecule has 3 N–H and O–H groups in total. The Balaban J connectivity index is 2.70. The first kappa shape index (κ1) is 12.9. The van der Waals surface area contributed by atoms with Crippen molar-refractivity contribution in [1.82, 2.24) is 0 Å². The molecule has 0 aromatic heterocycles. The zero-order valence-electron chi connectivity index (χ0n) is 9.33. The fourth-order valence-electron chi connectivity index (χ4n) is 1.70. The van der Waals surface area contributed by atoms with Gasteiger partial charge in [0.2, 0.25) is 0 Å². The Hall–Kier alpha value is -0.200. The Morgan fingerprint density at radius 2 is 1.93 bits per heavy atom. The summed E-state index contributed by atoms with van der Waals surface area (Å²) in [5.41, 5.74) is 0. The van der Waals surface area contributed by atoms with Gasteiger partial charge in [0.05, 0.1) is 18.8 Å². The molecule has 5 atom stereocenters. The number of aliphatic hydroxyl groups is 3. The number of rotatable bonds is 3. The molecule has 1 rings (SSSR count). The van der Waals surface area contributed by atoms with Gasteiger partial charge in [-0.05, 0) is 13.8 Å². The molecule has 1 aliphatic rings. The third-order valence-corrected chi connectivity index (χ3v) is 2.61. The van der Waals surface area contributed by atoms with Crippen LogP contribution in [-0.4, -0.2) is 52.6 Å². The summed E-state index contributed by atoms with van der Waals surface area (Å²) in [5, 5.41) is 28.4. The van der Waals surface area contributed by atoms with Gasteiger partial charge in [0, 0.05) is 5.92 Å². The van der Waals surface area contributed by atoms with Gasteiger partial charge in [0.15, 0.2) is 6.29 Å². The molecule has 0 aromatic carbocycles. The van der Waals surface area contributed by atoms with Gasteiger partial charge < -0.3 is 24.8 Å². The van der Waals surface area contributed by atoms with Crippen LogP contribution in [0, 0.1) is 5.92 Å². The predicted molar refractivity (Wildman–Crippen MR) is 53.1 cm³/mol. The van der Waals surface area contributed by atoms with Crippen molar-refractivity contribution in [1.29, 1.82) is 0 Å². The van der Waals surface area contributed by atoms with Gasteiger partial charge in [-0.3, -0.25) is 0 Å². The lowest BCUT2D eigenvalue weighted by molar-refractivity contribution is -0.280. The molecule has 0 aromatic rings. The average molecular weight is 220 g/mol. The molecule has 1 heterocycles. The molecule has 0 aliphatic carbocycles. The van der Waals surface area contributed by atoms with Crippen molar-refractivity contribution in [2.24, 2.45) is 5.92 Å². The Labute approximate surface area is 89.6 Å². The van der Waals surface area contributed by atoms with Crippen molar-refractivity contribution in [2.45, 2.75) is 51.5 Å². The molecule has 1 fully saturated rings. The summed E-state index contributed by atoms with van der Waals surface area (Å²) in [7, 11) is 0. The van der Waals surface area contributed by atoms with E-state index in [2.05, 4.69) is 0 Å². The Morgan fingerprint density at radius 1 is 1.33 bits per heavy atom. The van der Waals surface area contributed by atoms with E-state index in [-0.39, 0.29) is 12.7 Å². The van der Waals surface area contributed by atoms with Crippen LogP contribution in [0.1, 0.15) is 20.8 Å². The molecule has 5 heteroatoms. The van der Waals surface area contributed by atoms with Crippen molar-refractivity contribution in [3.05, 3.63) is 0 Å². The average Bonchev–Trinajstić information content (AvgIpc) is 2.18. The van der Waals surface area contributed by atoms with E-state index in [4.69, 9.17) is 14.6 Å². The van der Waals surface area contributed by atoms with E-state index in [1.54, 1.807) is 6.92 Å². The monoisotopic (exact) mass is 220 g/mol. The van der Waals surface area contributed by atoms with Crippen molar-refractivity contribution in [3.8, 4) is 0 Å². The van der Waals surface area contributed by atoms with Gasteiger partial charge in [0.1, 0.15) is 12.2 Å². The fourth-order valence-corrected chi connectivity index (χ4v) is 1.70. The lowest BCUT2D eigenvalue weighted by Gasteiger charge is -2.41. The van der Waals surface area contributed by atoms with Gasteiger partial charge in [-0.15, -0.1) is 0 Å². The predicted octanol–water partition coefficient (Wildman–Crippen LogP) is -0.514. The first-order valence-corrected chi connectivity index (χ1v) is 5.25. The number of hydrogen-bond acceptors (Lipinski definition) is 5. The smallest absolute Gasteiger partial charge is 0.160 e. The van der Waals surface area contributed by atoms with Crippen LogP contribution in [0.15, 0.2) is 0 Å². The molecule has 15 heavy (non-hydrogen) atoms. The topological polar surface area (TPSA) is 79.2 Å². The van der Waals surface area contributed by atoms with Crippen LogP contribution in [-0.2, 0) is 9.47 Å². The van der Waals surface area contributed by atoms with Crippen molar-refractivity contribution >= 4 is 0 Å². The van der Waals surface area contributed by atoms with Gasteiger partial charge in [-0.2, -0.15) is 0 Å². The van der Waals surface area contributed by atoms with Crippen LogP contribution < -0.4 is 0 Å². The number of ether oxygens (including phenoxy) is 2. The van der Waals surface area contributed by atoms with E-state index in [1.807, 2.05) is 13.8 Å². The quantitative estimate of drug-likeness (QED) is 0.597. The summed E-state index contributed by atoms with van der Waals surface area (Å²) in [6, 6.07) is 0. The summed E-state index contributed by atoms with van der Waals surface area (Å²) in [6.07, 6.45) is -3.20. The van der Waals surface area contributed by atoms with E-state index in [9.17, 15) is 10.2 Å². The molecule has 0 radical (unpaired) electrons. The zero-order valence-corrected chi connectivity index (χ0v) is 9.33. The van der Waals surface area contributed by atoms with Gasteiger partial charge in [-0.25, -0.2) is 0 Å². The lowest BCUT2D eigenvalue weighted by Crippen LogP contribution is -2.56. The molecule has 90 valence electrons. The van der Waals surface area contributed by atoms with Crippen LogP contribution in [0.5, 0.6) is 0 Å². The Morgan fingerprint density at radius 3 is 2.40 bits per heavy atom. The summed E-state index contributed by atoms with van der Waals surface area (Å²) in [6.45, 7) is 5.09. The first-order chi connectivity index (χ1) is 6.97. The lowest BCUT2D eigenvalue weighted by atomic mass is 9.92. The summed E-state index contributed by atoms with van der Waals surface area (Å²) in [4.78, 5) is 0. The first-order valence-electron chi connectivity index (χ1n) is 5.25. The third kappa shape index (κ3) is 2.89. The molecule has 5 nitrogen and oxygen atoms in total. The SMILES string of the molecule is CC(C)OC1C(CO)OC(O)C(C)C1O. The number of aliphatic hydroxyl groups excluding tert-OH is 3. The van der Waals surface area contributed by atoms with E-state index in [0.29, 0.717) is 0 Å². The van der Waals surface area contributed by atoms with E-state index in [1.165, 1.54) is 0 Å². The standard InChI is InChI=1S/C10H20O5/c1-5(2)14-9-7(4-11)15-10(13)6(3)8(9)12/h5-13H,4H2,1-3H3. The molecule has 5 unspecified atom stereocenters. The summed E-state index contributed by atoms with van der Waals surface area (Å²) >= 11 is 0. The summed E-state index contributed by atoms with van der Waals surface area (Å²) in [5.74, 6) is -0.420. The van der Waals surface area contributed by atoms with Crippen LogP contribution >= 0.6 is 0 Å². The van der Waals surface area contributed by atoms with Gasteiger partial charge >= 0.3 is 0 Å². The highest BCUT2D eigenvalue weighted by Crippen LogP contribution is 2.27. The van der Waals surface area contributed by atoms with Crippen molar-refractivity contribution in [2.75, 3.05) is 6.61 Å². The van der Waals surface area contributed by atoms with Gasteiger partial charge in [-0.1, -0.05) is 6.92 Å². The van der Waals surface area contributed by atoms with Crippen LogP contribution in [0.3, 0.4) is 0 Å². The highest BCUT2D eigenvalue weighted by atomic mass is 16.6. The minimum atomic E-state index is -1.05. The van der Waals surface area contributed by atoms with E-state index >= 15 is 0 Å². The molecule has 1 aliphatic heterocycles. The Kier molecular flexibility index (Phi) is 4.48. The molecule has 1 saturated heterocycles. The van der Waals surface area contributed by atoms with Gasteiger partial charge in [0.25, 0.3) is 0 Å². The maximum Gasteiger partial charge on any atom is 0.160 e. The van der Waals surface area contributed by atoms with E-state index < -0.39 is 30.5 Å². The minimum absolute atomic E-state index is 0.0651. The molecule has 0 saturated carbocycles. The maximum absolute atomic E-state index is 9.88. The molecule has 0 spiro atoms. The normalized spacial score (nSPS) is 42.2. The van der Waals surface area contributed by atoms with Crippen LogP contribution in [0.2, 0.25) is 0 Å². The second-order valence-corrected chi connectivity index (χ2v) is 4.25. The highest BCUT2D eigenvalue weighted by Gasteiger charge is 2.43. The maximum atomic E-state index is 9.88. The van der Waals surface area contributed by atoms with E-state index in [0.717, 1.165) is 0 Å². The molecule has 0 bridgehead atoms. The summed E-state index contributed by atoms with van der Waals surface area (Å²) < 4.78 is 10.6. The molecular weight excluding hydrogens is 200 g/mol. The Bertz CT molecular complexity index is 194. The van der Waals surface area contributed by atoms with Crippen LogP contribution in [0.4, 0.5) is 0 Å². The largest absolute Gasteiger partial charge is 0.394 e. The number of hydrogen-bond donors (Lipinski definition) is 3. The molecule has 0 amide bonds. The zero-order chi connectivity index (χ0) is 11.6. The minimum Gasteiger partial charge on any atom is -0.394 e. The third-order valence-electron chi connectivity index (χ3n) is 2.61. The molecular formula is C10H20O5. The van der Waals surface area contributed by atoms with Crippen molar-refractivity contribution < 1.29 is 24.8 Å². The fraction of sp³-hybridized carbons (Fsp3) is 1.00. The van der Waals surface area contributed by atoms with Crippen LogP contribution in [0.25, 0.3) is 0 Å². The highest BCUT2D eigenvalue weighted by molar-refractivity contribution is 4.88. The second kappa shape index (κ2) is 5.23. The van der Waals surface area contributed by atoms with Crippen molar-refractivity contribution in [3.63, 3.8) is 0 Å². The second-order valence-electron chi connectivity index (χ2n) is 4.25.